The van der Waals surface area contributed by atoms with Crippen LogP contribution < -0.4 is 4.90 Å². The summed E-state index contributed by atoms with van der Waals surface area (Å²) in [6.07, 6.45) is 9.81. The topological polar surface area (TPSA) is 55.1 Å². The maximum Gasteiger partial charge on any atom is 0.164 e. The maximum absolute atomic E-state index is 6.55. The van der Waals surface area contributed by atoms with E-state index in [1.807, 2.05) is 72.8 Å². The van der Waals surface area contributed by atoms with E-state index >= 15 is 0 Å². The van der Waals surface area contributed by atoms with E-state index in [0.29, 0.717) is 17.5 Å². The Kier molecular flexibility index (Phi) is 10.9. The van der Waals surface area contributed by atoms with Crippen LogP contribution in [0.1, 0.15) is 18.9 Å². The van der Waals surface area contributed by atoms with Gasteiger partial charge < -0.3 is 9.32 Å². The molecule has 0 spiro atoms. The summed E-state index contributed by atoms with van der Waals surface area (Å²) in [4.78, 5) is 17.7. The Balaban J connectivity index is 0.947. The van der Waals surface area contributed by atoms with Gasteiger partial charge in [-0.2, -0.15) is 0 Å². The SMILES string of the molecule is Cc1cc(-c2ccc3oc4cccc(-c5nc(-c6ccccc6)nc(-c6ccccc6)n5)c4c3c2)ccc1N(c1cccc(-c2cc(-c3ccccc3)cc(-c3ccccc3)c2)c1)C1(C)C=CC=CC1. The lowest BCUT2D eigenvalue weighted by Crippen LogP contribution is -2.42. The summed E-state index contributed by atoms with van der Waals surface area (Å²) in [6, 6.07) is 77.0. The first-order valence-electron chi connectivity index (χ1n) is 23.9. The molecule has 5 nitrogen and oxygen atoms in total. The standard InChI is InChI=1S/C65H48N4O/c1-44-38-50(51-33-35-59-57(43-51)61-56(30-19-31-60(61)70-59)64-67-62(47-24-12-5-13-25-47)66-63(68-64)48-26-14-6-15-27-48)32-34-58(44)69(65(2)36-16-7-17-37-65)55-29-18-28-49(42-55)54-40-52(45-20-8-3-9-21-45)39-53(41-54)46-22-10-4-11-23-46/h3-36,38-43H,37H2,1-2H3. The predicted octanol–water partition coefficient (Wildman–Crippen LogP) is 17.2. The third-order valence-corrected chi connectivity index (χ3v) is 13.5. The molecule has 334 valence electrons. The highest BCUT2D eigenvalue weighted by atomic mass is 16.3. The van der Waals surface area contributed by atoms with E-state index in [4.69, 9.17) is 19.4 Å². The molecule has 0 saturated carbocycles. The minimum Gasteiger partial charge on any atom is -0.456 e. The van der Waals surface area contributed by atoms with Gasteiger partial charge in [-0.25, -0.2) is 15.0 Å². The number of furan rings is 1. The van der Waals surface area contributed by atoms with Gasteiger partial charge in [0.2, 0.25) is 0 Å². The molecule has 0 bridgehead atoms. The van der Waals surface area contributed by atoms with Crippen LogP contribution in [0, 0.1) is 6.92 Å². The van der Waals surface area contributed by atoms with Crippen LogP contribution in [0.15, 0.2) is 247 Å². The number of allylic oxidation sites excluding steroid dienone is 2. The van der Waals surface area contributed by atoms with Crippen LogP contribution in [0.3, 0.4) is 0 Å². The summed E-state index contributed by atoms with van der Waals surface area (Å²) in [5, 5.41) is 1.97. The minimum atomic E-state index is -0.318. The second-order valence-corrected chi connectivity index (χ2v) is 18.3. The smallest absolute Gasteiger partial charge is 0.164 e. The Morgan fingerprint density at radius 1 is 0.429 bits per heavy atom. The molecule has 5 heteroatoms. The van der Waals surface area contributed by atoms with Gasteiger partial charge in [0.05, 0.1) is 5.54 Å². The number of aryl methyl sites for hydroxylation is 1. The van der Waals surface area contributed by atoms with Gasteiger partial charge in [0.15, 0.2) is 17.5 Å². The lowest BCUT2D eigenvalue weighted by molar-refractivity contribution is 0.569. The molecule has 2 aromatic heterocycles. The average molecular weight is 901 g/mol. The van der Waals surface area contributed by atoms with Gasteiger partial charge in [0.25, 0.3) is 0 Å². The first-order valence-corrected chi connectivity index (χ1v) is 23.9. The number of nitrogens with zero attached hydrogens (tertiary/aromatic N) is 4. The maximum atomic E-state index is 6.55. The molecular weight excluding hydrogens is 853 g/mol. The second kappa shape index (κ2) is 17.9. The van der Waals surface area contributed by atoms with Crippen LogP contribution in [0.5, 0.6) is 0 Å². The second-order valence-electron chi connectivity index (χ2n) is 18.3. The molecule has 70 heavy (non-hydrogen) atoms. The quantitative estimate of drug-likeness (QED) is 0.137. The van der Waals surface area contributed by atoms with E-state index in [1.54, 1.807) is 0 Å². The number of benzene rings is 9. The summed E-state index contributed by atoms with van der Waals surface area (Å²) < 4.78 is 6.55. The summed E-state index contributed by atoms with van der Waals surface area (Å²) in [5.74, 6) is 1.83. The van der Waals surface area contributed by atoms with Crippen LogP contribution in [-0.4, -0.2) is 20.5 Å². The number of hydrogen-bond donors (Lipinski definition) is 0. The lowest BCUT2D eigenvalue weighted by Gasteiger charge is -2.42. The van der Waals surface area contributed by atoms with Gasteiger partial charge in [0.1, 0.15) is 11.2 Å². The zero-order valence-corrected chi connectivity index (χ0v) is 39.0. The Bertz CT molecular complexity index is 3650. The van der Waals surface area contributed by atoms with Crippen molar-refractivity contribution < 1.29 is 4.42 Å². The number of anilines is 2. The number of aromatic nitrogens is 3. The highest BCUT2D eigenvalue weighted by Crippen LogP contribution is 2.44. The van der Waals surface area contributed by atoms with Crippen molar-refractivity contribution in [3.63, 3.8) is 0 Å². The Labute approximate surface area is 408 Å². The van der Waals surface area contributed by atoms with Crippen LogP contribution in [0.2, 0.25) is 0 Å². The highest BCUT2D eigenvalue weighted by Gasteiger charge is 2.32. The van der Waals surface area contributed by atoms with Gasteiger partial charge in [0, 0.05) is 38.8 Å². The molecule has 0 saturated heterocycles. The molecule has 11 aromatic rings. The third kappa shape index (κ3) is 8.07. The largest absolute Gasteiger partial charge is 0.456 e. The van der Waals surface area contributed by atoms with Gasteiger partial charge in [-0.1, -0.05) is 182 Å². The van der Waals surface area contributed by atoms with Crippen molar-refractivity contribution in [1.29, 1.82) is 0 Å². The highest BCUT2D eigenvalue weighted by molar-refractivity contribution is 6.13. The average Bonchev–Trinajstić information content (AvgIpc) is 3.81. The van der Waals surface area contributed by atoms with Gasteiger partial charge in [-0.15, -0.1) is 0 Å². The Morgan fingerprint density at radius 2 is 0.957 bits per heavy atom. The van der Waals surface area contributed by atoms with Crippen molar-refractivity contribution in [2.75, 3.05) is 4.90 Å². The molecule has 0 N–H and O–H groups in total. The van der Waals surface area contributed by atoms with Crippen LogP contribution >= 0.6 is 0 Å². The van der Waals surface area contributed by atoms with E-state index in [1.165, 1.54) is 33.4 Å². The molecule has 0 aliphatic heterocycles. The Morgan fingerprint density at radius 3 is 1.56 bits per heavy atom. The molecule has 1 aliphatic rings. The number of hydrogen-bond acceptors (Lipinski definition) is 5. The normalized spacial score (nSPS) is 14.3. The fourth-order valence-corrected chi connectivity index (χ4v) is 10.0. The number of fused-ring (bicyclic) bond motifs is 3. The number of rotatable bonds is 10. The lowest BCUT2D eigenvalue weighted by atomic mass is 9.88. The van der Waals surface area contributed by atoms with E-state index in [0.717, 1.165) is 73.1 Å². The monoisotopic (exact) mass is 900 g/mol. The molecule has 2 heterocycles. The molecule has 1 unspecified atom stereocenters. The van der Waals surface area contributed by atoms with Gasteiger partial charge >= 0.3 is 0 Å². The molecule has 1 aliphatic carbocycles. The molecule has 9 aromatic carbocycles. The summed E-state index contributed by atoms with van der Waals surface area (Å²) >= 11 is 0. The zero-order valence-electron chi connectivity index (χ0n) is 39.0. The molecule has 0 amide bonds. The molecule has 0 fully saturated rings. The van der Waals surface area contributed by atoms with Crippen LogP contribution in [0.25, 0.3) is 101 Å². The molecule has 12 rings (SSSR count). The van der Waals surface area contributed by atoms with E-state index in [-0.39, 0.29) is 5.54 Å². The van der Waals surface area contributed by atoms with Crippen molar-refractivity contribution in [1.82, 2.24) is 15.0 Å². The van der Waals surface area contributed by atoms with E-state index < -0.39 is 0 Å². The minimum absolute atomic E-state index is 0.318. The Hall–Kier alpha value is -8.93. The van der Waals surface area contributed by atoms with Gasteiger partial charge in [-0.3, -0.25) is 0 Å². The van der Waals surface area contributed by atoms with Crippen molar-refractivity contribution in [3.05, 3.63) is 248 Å². The first-order chi connectivity index (χ1) is 34.4. The van der Waals surface area contributed by atoms with E-state index in [2.05, 4.69) is 189 Å². The molecule has 1 atom stereocenters. The van der Waals surface area contributed by atoms with Crippen molar-refractivity contribution in [3.8, 4) is 78.7 Å². The fraction of sp³-hybridized carbons (Fsp3) is 0.0615. The zero-order chi connectivity index (χ0) is 47.0. The van der Waals surface area contributed by atoms with Crippen molar-refractivity contribution >= 4 is 33.3 Å². The first kappa shape index (κ1) is 42.4. The molecular formula is C65H48N4O. The predicted molar refractivity (Wildman–Crippen MR) is 290 cm³/mol. The summed E-state index contributed by atoms with van der Waals surface area (Å²) in [5.41, 5.74) is 16.8. The third-order valence-electron chi connectivity index (χ3n) is 13.5. The van der Waals surface area contributed by atoms with Crippen LogP contribution in [-0.2, 0) is 0 Å². The van der Waals surface area contributed by atoms with Crippen molar-refractivity contribution in [2.24, 2.45) is 0 Å². The molecule has 0 radical (unpaired) electrons. The summed E-state index contributed by atoms with van der Waals surface area (Å²) in [6.45, 7) is 4.57. The fourth-order valence-electron chi connectivity index (χ4n) is 10.0. The van der Waals surface area contributed by atoms with Crippen molar-refractivity contribution in [2.45, 2.75) is 25.8 Å². The van der Waals surface area contributed by atoms with E-state index in [9.17, 15) is 0 Å². The summed E-state index contributed by atoms with van der Waals surface area (Å²) in [7, 11) is 0. The van der Waals surface area contributed by atoms with Crippen LogP contribution in [0.4, 0.5) is 11.4 Å². The van der Waals surface area contributed by atoms with Gasteiger partial charge in [-0.05, 0) is 131 Å².